The molecule has 0 aromatic heterocycles. The van der Waals surface area contributed by atoms with E-state index in [1.54, 1.807) is 0 Å². The summed E-state index contributed by atoms with van der Waals surface area (Å²) in [7, 11) is -3.28. The fraction of sp³-hybridized carbons (Fsp3) is 0.538. The van der Waals surface area contributed by atoms with Gasteiger partial charge in [0.2, 0.25) is 10.0 Å². The molecule has 1 saturated heterocycles. The van der Waals surface area contributed by atoms with E-state index in [9.17, 15) is 18.5 Å². The maximum absolute atomic E-state index is 11.7. The van der Waals surface area contributed by atoms with E-state index in [2.05, 4.69) is 5.32 Å². The number of anilines is 1. The lowest BCUT2D eigenvalue weighted by Gasteiger charge is -2.22. The molecule has 1 atom stereocenters. The highest BCUT2D eigenvalue weighted by molar-refractivity contribution is 7.88. The molecule has 1 aliphatic rings. The van der Waals surface area contributed by atoms with Crippen molar-refractivity contribution in [1.29, 1.82) is 0 Å². The second-order valence-electron chi connectivity index (χ2n) is 5.32. The van der Waals surface area contributed by atoms with Gasteiger partial charge in [0, 0.05) is 25.2 Å². The minimum atomic E-state index is -3.28. The first-order valence-corrected chi connectivity index (χ1v) is 8.76. The molecular formula is C13H19N3O5S. The molecule has 1 aromatic rings. The smallest absolute Gasteiger partial charge is 0.292 e. The Hall–Kier alpha value is -1.71. The third kappa shape index (κ3) is 3.73. The minimum absolute atomic E-state index is 0.0962. The monoisotopic (exact) mass is 329 g/mol. The topological polar surface area (TPSA) is 113 Å². The zero-order valence-corrected chi connectivity index (χ0v) is 13.0. The molecule has 0 saturated carbocycles. The van der Waals surface area contributed by atoms with E-state index >= 15 is 0 Å². The van der Waals surface area contributed by atoms with Crippen LogP contribution in [-0.2, 0) is 16.6 Å². The Labute approximate surface area is 128 Å². The molecule has 9 heteroatoms. The Morgan fingerprint density at radius 1 is 1.50 bits per heavy atom. The fourth-order valence-corrected chi connectivity index (χ4v) is 3.84. The van der Waals surface area contributed by atoms with Crippen LogP contribution in [-0.4, -0.2) is 48.1 Å². The van der Waals surface area contributed by atoms with Gasteiger partial charge in [0.05, 0.1) is 17.8 Å². The van der Waals surface area contributed by atoms with E-state index in [0.717, 1.165) is 6.42 Å². The number of nitrogens with zero attached hydrogens (tertiary/aromatic N) is 2. The lowest BCUT2D eigenvalue weighted by Crippen LogP contribution is -2.38. The predicted molar refractivity (Wildman–Crippen MR) is 82.1 cm³/mol. The van der Waals surface area contributed by atoms with Crippen LogP contribution >= 0.6 is 0 Å². The molecule has 0 unspecified atom stereocenters. The van der Waals surface area contributed by atoms with Gasteiger partial charge >= 0.3 is 0 Å². The molecular weight excluding hydrogens is 310 g/mol. The van der Waals surface area contributed by atoms with Gasteiger partial charge in [-0.1, -0.05) is 0 Å². The van der Waals surface area contributed by atoms with Crippen LogP contribution in [0.15, 0.2) is 18.2 Å². The van der Waals surface area contributed by atoms with Crippen molar-refractivity contribution < 1.29 is 18.4 Å². The van der Waals surface area contributed by atoms with Gasteiger partial charge < -0.3 is 10.4 Å². The molecule has 0 spiro atoms. The Morgan fingerprint density at radius 3 is 2.82 bits per heavy atom. The van der Waals surface area contributed by atoms with E-state index < -0.39 is 14.9 Å². The zero-order chi connectivity index (χ0) is 16.3. The Bertz CT molecular complexity index is 662. The number of nitro benzene ring substituents is 1. The van der Waals surface area contributed by atoms with Gasteiger partial charge in [-0.3, -0.25) is 10.1 Å². The second kappa shape index (κ2) is 6.59. The normalized spacial score (nSPS) is 19.3. The molecule has 0 aliphatic carbocycles. The summed E-state index contributed by atoms with van der Waals surface area (Å²) < 4.78 is 24.8. The summed E-state index contributed by atoms with van der Waals surface area (Å²) in [6, 6.07) is 4.11. The first kappa shape index (κ1) is 16.7. The first-order valence-electron chi connectivity index (χ1n) is 6.92. The highest BCUT2D eigenvalue weighted by atomic mass is 32.2. The van der Waals surface area contributed by atoms with E-state index in [-0.39, 0.29) is 24.0 Å². The highest BCUT2D eigenvalue weighted by Crippen LogP contribution is 2.27. The average Bonchev–Trinajstić information content (AvgIpc) is 2.93. The summed E-state index contributed by atoms with van der Waals surface area (Å²) in [6.45, 7) is 0.554. The minimum Gasteiger partial charge on any atom is -0.392 e. The molecule has 8 nitrogen and oxygen atoms in total. The molecule has 0 amide bonds. The summed E-state index contributed by atoms with van der Waals surface area (Å²) in [5, 5.41) is 23.1. The van der Waals surface area contributed by atoms with Crippen molar-refractivity contribution in [2.45, 2.75) is 25.5 Å². The van der Waals surface area contributed by atoms with Crippen LogP contribution in [0.1, 0.15) is 18.4 Å². The Balaban J connectivity index is 2.15. The van der Waals surface area contributed by atoms with Crippen LogP contribution in [0.3, 0.4) is 0 Å². The van der Waals surface area contributed by atoms with Gasteiger partial charge in [-0.05, 0) is 30.5 Å². The number of nitro groups is 1. The van der Waals surface area contributed by atoms with Crippen LogP contribution in [0.5, 0.6) is 0 Å². The van der Waals surface area contributed by atoms with Gasteiger partial charge in [0.1, 0.15) is 5.69 Å². The SMILES string of the molecule is CS(=O)(=O)N1CCC[C@@H]1CNc1cc(CO)ccc1[N+](=O)[O-]. The molecule has 22 heavy (non-hydrogen) atoms. The zero-order valence-electron chi connectivity index (χ0n) is 12.2. The summed E-state index contributed by atoms with van der Waals surface area (Å²) in [6.07, 6.45) is 2.66. The average molecular weight is 329 g/mol. The molecule has 1 aromatic carbocycles. The fourth-order valence-electron chi connectivity index (χ4n) is 2.66. The summed E-state index contributed by atoms with van der Waals surface area (Å²) in [4.78, 5) is 10.5. The summed E-state index contributed by atoms with van der Waals surface area (Å²) >= 11 is 0. The molecule has 122 valence electrons. The summed E-state index contributed by atoms with van der Waals surface area (Å²) in [5.74, 6) is 0. The maximum Gasteiger partial charge on any atom is 0.292 e. The predicted octanol–water partition coefficient (Wildman–Crippen LogP) is 0.923. The van der Waals surface area contributed by atoms with E-state index in [4.69, 9.17) is 5.11 Å². The number of sulfonamides is 1. The van der Waals surface area contributed by atoms with Crippen LogP contribution in [0.2, 0.25) is 0 Å². The number of aliphatic hydroxyl groups is 1. The van der Waals surface area contributed by atoms with Gasteiger partial charge in [-0.15, -0.1) is 0 Å². The van der Waals surface area contributed by atoms with Crippen molar-refractivity contribution >= 4 is 21.4 Å². The van der Waals surface area contributed by atoms with Crippen LogP contribution < -0.4 is 5.32 Å². The van der Waals surface area contributed by atoms with E-state index in [1.165, 1.54) is 28.8 Å². The van der Waals surface area contributed by atoms with Crippen molar-refractivity contribution in [3.63, 3.8) is 0 Å². The van der Waals surface area contributed by atoms with Crippen LogP contribution in [0.4, 0.5) is 11.4 Å². The molecule has 0 radical (unpaired) electrons. The number of nitrogens with one attached hydrogen (secondary N) is 1. The van der Waals surface area contributed by atoms with E-state index in [0.29, 0.717) is 25.1 Å². The lowest BCUT2D eigenvalue weighted by atomic mass is 10.1. The second-order valence-corrected chi connectivity index (χ2v) is 7.25. The van der Waals surface area contributed by atoms with Crippen molar-refractivity contribution in [2.75, 3.05) is 24.7 Å². The van der Waals surface area contributed by atoms with Gasteiger partial charge in [-0.2, -0.15) is 4.31 Å². The molecule has 0 bridgehead atoms. The summed E-state index contributed by atoms with van der Waals surface area (Å²) in [5.41, 5.74) is 0.748. The van der Waals surface area contributed by atoms with Gasteiger partial charge in [0.15, 0.2) is 0 Å². The van der Waals surface area contributed by atoms with Gasteiger partial charge in [-0.25, -0.2) is 8.42 Å². The van der Waals surface area contributed by atoms with Gasteiger partial charge in [0.25, 0.3) is 5.69 Å². The standard InChI is InChI=1S/C13H19N3O5S/c1-22(20,21)15-6-2-3-11(15)8-14-12-7-10(9-17)4-5-13(12)16(18)19/h4-5,7,11,14,17H,2-3,6,8-9H2,1H3/t11-/m1/s1. The number of benzene rings is 1. The molecule has 1 fully saturated rings. The van der Waals surface area contributed by atoms with Crippen LogP contribution in [0, 0.1) is 10.1 Å². The van der Waals surface area contributed by atoms with Crippen molar-refractivity contribution in [3.05, 3.63) is 33.9 Å². The molecule has 1 aliphatic heterocycles. The third-order valence-corrected chi connectivity index (χ3v) is 5.05. The molecule has 2 N–H and O–H groups in total. The largest absolute Gasteiger partial charge is 0.392 e. The number of rotatable bonds is 6. The van der Waals surface area contributed by atoms with Crippen molar-refractivity contribution in [3.8, 4) is 0 Å². The van der Waals surface area contributed by atoms with E-state index in [1.807, 2.05) is 0 Å². The quantitative estimate of drug-likeness (QED) is 0.593. The van der Waals surface area contributed by atoms with Crippen LogP contribution in [0.25, 0.3) is 0 Å². The molecule has 1 heterocycles. The highest BCUT2D eigenvalue weighted by Gasteiger charge is 2.31. The lowest BCUT2D eigenvalue weighted by molar-refractivity contribution is -0.384. The third-order valence-electron chi connectivity index (χ3n) is 3.72. The van der Waals surface area contributed by atoms with Crippen molar-refractivity contribution in [2.24, 2.45) is 0 Å². The Kier molecular flexibility index (Phi) is 4.99. The maximum atomic E-state index is 11.7. The number of hydrogen-bond acceptors (Lipinski definition) is 6. The van der Waals surface area contributed by atoms with Crippen molar-refractivity contribution in [1.82, 2.24) is 4.31 Å². The molecule has 2 rings (SSSR count). The number of aliphatic hydroxyl groups excluding tert-OH is 1. The Morgan fingerprint density at radius 2 is 2.23 bits per heavy atom. The number of hydrogen-bond donors (Lipinski definition) is 2. The first-order chi connectivity index (χ1) is 10.3.